The van der Waals surface area contributed by atoms with E-state index in [2.05, 4.69) is 4.98 Å². The summed E-state index contributed by atoms with van der Waals surface area (Å²) in [6, 6.07) is 3.07. The summed E-state index contributed by atoms with van der Waals surface area (Å²) in [7, 11) is 0. The van der Waals surface area contributed by atoms with Crippen LogP contribution in [0.2, 0.25) is 0 Å². The molecule has 1 heterocycles. The van der Waals surface area contributed by atoms with Crippen LogP contribution in [-0.4, -0.2) is 16.1 Å². The van der Waals surface area contributed by atoms with E-state index < -0.39 is 17.9 Å². The Morgan fingerprint density at radius 3 is 2.86 bits per heavy atom. The van der Waals surface area contributed by atoms with E-state index in [1.165, 1.54) is 0 Å². The third kappa shape index (κ3) is 2.29. The van der Waals surface area contributed by atoms with Gasteiger partial charge in [0.05, 0.1) is 5.92 Å². The molecule has 2 atom stereocenters. The first-order valence-electron chi connectivity index (χ1n) is 4.55. The second kappa shape index (κ2) is 4.72. The summed E-state index contributed by atoms with van der Waals surface area (Å²) in [5, 5.41) is 8.90. The van der Waals surface area contributed by atoms with Crippen LogP contribution >= 0.6 is 0 Å². The number of nitrogens with two attached hydrogens (primary N) is 1. The minimum atomic E-state index is -0.858. The lowest BCUT2D eigenvalue weighted by Crippen LogP contribution is -2.27. The van der Waals surface area contributed by atoms with Gasteiger partial charge in [0, 0.05) is 18.4 Å². The molecule has 0 aliphatic carbocycles. The minimum Gasteiger partial charge on any atom is -0.481 e. The molecule has 4 heteroatoms. The smallest absolute Gasteiger partial charge is 0.308 e. The standard InChI is InChI=1S/C10H14N2O2/c1-2-8(10(13)14)9(11)7-4-3-5-12-6-7/h3-6,8-9H,2,11H2,1H3,(H,13,14). The number of carbonyl (C=O) groups is 1. The average molecular weight is 194 g/mol. The van der Waals surface area contributed by atoms with Crippen LogP contribution in [0.25, 0.3) is 0 Å². The molecule has 0 aliphatic heterocycles. The molecule has 1 rings (SSSR count). The van der Waals surface area contributed by atoms with Crippen molar-refractivity contribution in [1.82, 2.24) is 4.98 Å². The predicted octanol–water partition coefficient (Wildman–Crippen LogP) is 1.19. The van der Waals surface area contributed by atoms with Crippen molar-refractivity contribution in [2.24, 2.45) is 11.7 Å². The van der Waals surface area contributed by atoms with Gasteiger partial charge >= 0.3 is 5.97 Å². The topological polar surface area (TPSA) is 76.2 Å². The van der Waals surface area contributed by atoms with Crippen molar-refractivity contribution < 1.29 is 9.90 Å². The number of carboxylic acid groups (broad SMARTS) is 1. The number of carboxylic acids is 1. The Morgan fingerprint density at radius 1 is 1.71 bits per heavy atom. The molecule has 0 fully saturated rings. The number of hydrogen-bond acceptors (Lipinski definition) is 3. The van der Waals surface area contributed by atoms with Gasteiger partial charge in [-0.1, -0.05) is 13.0 Å². The first-order chi connectivity index (χ1) is 6.66. The van der Waals surface area contributed by atoms with E-state index in [1.54, 1.807) is 24.5 Å². The fourth-order valence-electron chi connectivity index (χ4n) is 1.39. The Morgan fingerprint density at radius 2 is 2.43 bits per heavy atom. The van der Waals surface area contributed by atoms with E-state index in [0.29, 0.717) is 6.42 Å². The van der Waals surface area contributed by atoms with Crippen LogP contribution in [0, 0.1) is 5.92 Å². The van der Waals surface area contributed by atoms with Gasteiger partial charge in [-0.3, -0.25) is 9.78 Å². The Kier molecular flexibility index (Phi) is 3.59. The van der Waals surface area contributed by atoms with Gasteiger partial charge in [0.1, 0.15) is 0 Å². The second-order valence-corrected chi connectivity index (χ2v) is 3.17. The maximum atomic E-state index is 10.8. The molecule has 1 aromatic heterocycles. The summed E-state index contributed by atoms with van der Waals surface area (Å²) < 4.78 is 0. The Labute approximate surface area is 82.8 Å². The molecule has 3 N–H and O–H groups in total. The van der Waals surface area contributed by atoms with Gasteiger partial charge < -0.3 is 10.8 Å². The largest absolute Gasteiger partial charge is 0.481 e. The zero-order chi connectivity index (χ0) is 10.6. The molecule has 14 heavy (non-hydrogen) atoms. The van der Waals surface area contributed by atoms with Crippen LogP contribution < -0.4 is 5.73 Å². The zero-order valence-electron chi connectivity index (χ0n) is 8.05. The lowest BCUT2D eigenvalue weighted by atomic mass is 9.93. The van der Waals surface area contributed by atoms with E-state index in [-0.39, 0.29) is 0 Å². The number of nitrogens with zero attached hydrogens (tertiary/aromatic N) is 1. The van der Waals surface area contributed by atoms with Gasteiger partial charge in [0.25, 0.3) is 0 Å². The van der Waals surface area contributed by atoms with Crippen LogP contribution in [0.4, 0.5) is 0 Å². The van der Waals surface area contributed by atoms with Gasteiger partial charge in [0.2, 0.25) is 0 Å². The molecule has 0 saturated carbocycles. The number of hydrogen-bond donors (Lipinski definition) is 2. The van der Waals surface area contributed by atoms with Gasteiger partial charge in [0.15, 0.2) is 0 Å². The van der Waals surface area contributed by atoms with E-state index in [0.717, 1.165) is 5.56 Å². The molecule has 0 aromatic carbocycles. The Bertz CT molecular complexity index is 300. The number of rotatable bonds is 4. The molecule has 2 unspecified atom stereocenters. The quantitative estimate of drug-likeness (QED) is 0.754. The molecular formula is C10H14N2O2. The lowest BCUT2D eigenvalue weighted by molar-refractivity contribution is -0.142. The molecule has 0 spiro atoms. The molecule has 76 valence electrons. The summed E-state index contributed by atoms with van der Waals surface area (Å²) >= 11 is 0. The van der Waals surface area contributed by atoms with E-state index in [9.17, 15) is 4.79 Å². The van der Waals surface area contributed by atoms with Gasteiger partial charge in [-0.25, -0.2) is 0 Å². The van der Waals surface area contributed by atoms with Crippen LogP contribution in [0.15, 0.2) is 24.5 Å². The molecule has 1 aromatic rings. The molecule has 0 bridgehead atoms. The van der Waals surface area contributed by atoms with Crippen LogP contribution in [-0.2, 0) is 4.79 Å². The van der Waals surface area contributed by atoms with E-state index in [1.807, 2.05) is 6.92 Å². The molecule has 0 amide bonds. The van der Waals surface area contributed by atoms with E-state index in [4.69, 9.17) is 10.8 Å². The summed E-state index contributed by atoms with van der Waals surface area (Å²) in [5.74, 6) is -1.40. The first-order valence-corrected chi connectivity index (χ1v) is 4.55. The van der Waals surface area contributed by atoms with Crippen molar-refractivity contribution in [2.75, 3.05) is 0 Å². The van der Waals surface area contributed by atoms with Gasteiger partial charge in [-0.15, -0.1) is 0 Å². The zero-order valence-corrected chi connectivity index (χ0v) is 8.05. The molecule has 4 nitrogen and oxygen atoms in total. The van der Waals surface area contributed by atoms with Crippen molar-refractivity contribution in [3.8, 4) is 0 Å². The first kappa shape index (κ1) is 10.7. The molecule has 0 aliphatic rings. The van der Waals surface area contributed by atoms with Crippen molar-refractivity contribution >= 4 is 5.97 Å². The third-order valence-electron chi connectivity index (χ3n) is 2.26. The van der Waals surface area contributed by atoms with E-state index >= 15 is 0 Å². The highest BCUT2D eigenvalue weighted by Gasteiger charge is 2.24. The fourth-order valence-corrected chi connectivity index (χ4v) is 1.39. The fraction of sp³-hybridized carbons (Fsp3) is 0.400. The minimum absolute atomic E-state index is 0.480. The van der Waals surface area contributed by atoms with Crippen molar-refractivity contribution in [1.29, 1.82) is 0 Å². The summed E-state index contributed by atoms with van der Waals surface area (Å²) in [5.41, 5.74) is 6.60. The SMILES string of the molecule is CCC(C(=O)O)C(N)c1cccnc1. The normalized spacial score (nSPS) is 14.7. The molecular weight excluding hydrogens is 180 g/mol. The highest BCUT2D eigenvalue weighted by atomic mass is 16.4. The second-order valence-electron chi connectivity index (χ2n) is 3.17. The number of aromatic nitrogens is 1. The van der Waals surface area contributed by atoms with Crippen molar-refractivity contribution in [3.63, 3.8) is 0 Å². The van der Waals surface area contributed by atoms with Crippen LogP contribution in [0.3, 0.4) is 0 Å². The van der Waals surface area contributed by atoms with Gasteiger partial charge in [-0.05, 0) is 18.1 Å². The van der Waals surface area contributed by atoms with Gasteiger partial charge in [-0.2, -0.15) is 0 Å². The molecule has 0 saturated heterocycles. The monoisotopic (exact) mass is 194 g/mol. The van der Waals surface area contributed by atoms with Crippen LogP contribution in [0.1, 0.15) is 24.9 Å². The third-order valence-corrected chi connectivity index (χ3v) is 2.26. The predicted molar refractivity (Wildman–Crippen MR) is 52.6 cm³/mol. The average Bonchev–Trinajstić information content (AvgIpc) is 2.19. The van der Waals surface area contributed by atoms with Crippen molar-refractivity contribution in [2.45, 2.75) is 19.4 Å². The Balaban J connectivity index is 2.83. The highest BCUT2D eigenvalue weighted by Crippen LogP contribution is 2.21. The molecule has 0 radical (unpaired) electrons. The van der Waals surface area contributed by atoms with Crippen LogP contribution in [0.5, 0.6) is 0 Å². The highest BCUT2D eigenvalue weighted by molar-refractivity contribution is 5.71. The number of aliphatic carboxylic acids is 1. The number of pyridine rings is 1. The summed E-state index contributed by atoms with van der Waals surface area (Å²) in [6.45, 7) is 1.81. The lowest BCUT2D eigenvalue weighted by Gasteiger charge is -2.18. The Hall–Kier alpha value is -1.42. The van der Waals surface area contributed by atoms with Crippen molar-refractivity contribution in [3.05, 3.63) is 30.1 Å². The summed E-state index contributed by atoms with van der Waals surface area (Å²) in [4.78, 5) is 14.8. The maximum Gasteiger partial charge on any atom is 0.308 e. The maximum absolute atomic E-state index is 10.8. The summed E-state index contributed by atoms with van der Waals surface area (Å²) in [6.07, 6.45) is 3.76.